The van der Waals surface area contributed by atoms with Crippen molar-refractivity contribution >= 4 is 27.5 Å². The number of nitrogens with zero attached hydrogens (tertiary/aromatic N) is 2. The van der Waals surface area contributed by atoms with E-state index in [1.54, 1.807) is 30.3 Å². The third-order valence-corrected chi connectivity index (χ3v) is 9.28. The standard InChI is InChI=1S/C36H41N3O4S/c1-4-23-37-36(41)34(25-29-16-8-6-9-17-29)38(26-30-18-14-15-28(3)24-30)35(40)27-39(33-22-13-12-19-31(33)5-2)44(42,43)32-20-10-7-11-21-32/h6-22,24,34H,4-5,23,25-27H2,1-3H3,(H,37,41)/t34-/m1/s1. The van der Waals surface area contributed by atoms with Gasteiger partial charge in [0.1, 0.15) is 12.6 Å². The number of benzene rings is 4. The van der Waals surface area contributed by atoms with Crippen LogP contribution in [0.2, 0.25) is 0 Å². The summed E-state index contributed by atoms with van der Waals surface area (Å²) >= 11 is 0. The summed E-state index contributed by atoms with van der Waals surface area (Å²) in [6, 6.07) is 31.9. The van der Waals surface area contributed by atoms with E-state index in [0.717, 1.165) is 28.7 Å². The summed E-state index contributed by atoms with van der Waals surface area (Å²) in [4.78, 5) is 29.9. The third kappa shape index (κ3) is 8.14. The van der Waals surface area contributed by atoms with E-state index in [2.05, 4.69) is 5.32 Å². The highest BCUT2D eigenvalue weighted by Crippen LogP contribution is 2.28. The number of anilines is 1. The van der Waals surface area contributed by atoms with Crippen LogP contribution < -0.4 is 9.62 Å². The average molecular weight is 612 g/mol. The molecule has 0 saturated carbocycles. The molecule has 0 aliphatic heterocycles. The lowest BCUT2D eigenvalue weighted by Crippen LogP contribution is -2.53. The van der Waals surface area contributed by atoms with Gasteiger partial charge in [-0.3, -0.25) is 13.9 Å². The second-order valence-electron chi connectivity index (χ2n) is 10.8. The third-order valence-electron chi connectivity index (χ3n) is 7.51. The number of para-hydroxylation sites is 1. The van der Waals surface area contributed by atoms with Crippen molar-refractivity contribution < 1.29 is 18.0 Å². The maximum absolute atomic E-state index is 14.5. The molecule has 8 heteroatoms. The first-order valence-electron chi connectivity index (χ1n) is 15.1. The maximum Gasteiger partial charge on any atom is 0.264 e. The minimum Gasteiger partial charge on any atom is -0.354 e. The molecule has 230 valence electrons. The molecule has 0 saturated heterocycles. The van der Waals surface area contributed by atoms with Crippen LogP contribution in [-0.4, -0.2) is 44.3 Å². The van der Waals surface area contributed by atoms with Crippen molar-refractivity contribution in [3.05, 3.63) is 131 Å². The van der Waals surface area contributed by atoms with Crippen molar-refractivity contribution in [3.63, 3.8) is 0 Å². The van der Waals surface area contributed by atoms with Gasteiger partial charge in [0.25, 0.3) is 10.0 Å². The molecule has 0 aliphatic carbocycles. The zero-order chi connectivity index (χ0) is 31.5. The predicted molar refractivity (Wildman–Crippen MR) is 176 cm³/mol. The van der Waals surface area contributed by atoms with Crippen molar-refractivity contribution in [3.8, 4) is 0 Å². The molecular weight excluding hydrogens is 570 g/mol. The van der Waals surface area contributed by atoms with Gasteiger partial charge in [-0.15, -0.1) is 0 Å². The van der Waals surface area contributed by atoms with Gasteiger partial charge in [0, 0.05) is 19.5 Å². The van der Waals surface area contributed by atoms with Crippen LogP contribution >= 0.6 is 0 Å². The Morgan fingerprint density at radius 1 is 0.795 bits per heavy atom. The molecule has 44 heavy (non-hydrogen) atoms. The topological polar surface area (TPSA) is 86.8 Å². The fourth-order valence-corrected chi connectivity index (χ4v) is 6.69. The van der Waals surface area contributed by atoms with Crippen molar-refractivity contribution in [1.82, 2.24) is 10.2 Å². The van der Waals surface area contributed by atoms with Crippen LogP contribution in [-0.2, 0) is 39.0 Å². The zero-order valence-corrected chi connectivity index (χ0v) is 26.5. The number of aryl methyl sites for hydroxylation is 2. The number of sulfonamides is 1. The van der Waals surface area contributed by atoms with Gasteiger partial charge in [-0.2, -0.15) is 0 Å². The largest absolute Gasteiger partial charge is 0.354 e. The summed E-state index contributed by atoms with van der Waals surface area (Å²) in [7, 11) is -4.13. The van der Waals surface area contributed by atoms with Gasteiger partial charge in [0.05, 0.1) is 10.6 Å². The molecule has 2 amide bonds. The first-order chi connectivity index (χ1) is 21.2. The number of carbonyl (C=O) groups excluding carboxylic acids is 2. The Hall–Kier alpha value is -4.43. The van der Waals surface area contributed by atoms with Crippen LogP contribution in [0.15, 0.2) is 114 Å². The molecule has 0 radical (unpaired) electrons. The monoisotopic (exact) mass is 611 g/mol. The molecule has 0 aromatic heterocycles. The molecule has 0 fully saturated rings. The Kier molecular flexibility index (Phi) is 11.3. The highest BCUT2D eigenvalue weighted by atomic mass is 32.2. The van der Waals surface area contributed by atoms with Crippen molar-refractivity contribution in [2.75, 3.05) is 17.4 Å². The molecular formula is C36H41N3O4S. The minimum absolute atomic E-state index is 0.0884. The van der Waals surface area contributed by atoms with Crippen LogP contribution in [0, 0.1) is 6.92 Å². The predicted octanol–water partition coefficient (Wildman–Crippen LogP) is 5.92. The minimum atomic E-state index is -4.13. The van der Waals surface area contributed by atoms with Crippen LogP contribution in [0.25, 0.3) is 0 Å². The van der Waals surface area contributed by atoms with E-state index in [9.17, 15) is 18.0 Å². The van der Waals surface area contributed by atoms with E-state index in [4.69, 9.17) is 0 Å². The molecule has 0 spiro atoms. The highest BCUT2D eigenvalue weighted by molar-refractivity contribution is 7.92. The Labute approximate surface area is 261 Å². The van der Waals surface area contributed by atoms with E-state index < -0.39 is 28.5 Å². The second-order valence-corrected chi connectivity index (χ2v) is 12.7. The van der Waals surface area contributed by atoms with E-state index >= 15 is 0 Å². The van der Waals surface area contributed by atoms with Gasteiger partial charge in [0.15, 0.2) is 0 Å². The Bertz CT molecular complexity index is 1640. The zero-order valence-electron chi connectivity index (χ0n) is 25.6. The van der Waals surface area contributed by atoms with Gasteiger partial charge < -0.3 is 10.2 Å². The van der Waals surface area contributed by atoms with E-state index in [1.165, 1.54) is 21.3 Å². The first-order valence-corrected chi connectivity index (χ1v) is 16.5. The molecule has 1 atom stereocenters. The molecule has 4 aromatic carbocycles. The van der Waals surface area contributed by atoms with Crippen LogP contribution in [0.1, 0.15) is 42.5 Å². The lowest BCUT2D eigenvalue weighted by molar-refractivity contribution is -0.140. The van der Waals surface area contributed by atoms with Crippen LogP contribution in [0.3, 0.4) is 0 Å². The van der Waals surface area contributed by atoms with Gasteiger partial charge in [-0.05, 0) is 54.7 Å². The Morgan fingerprint density at radius 2 is 1.43 bits per heavy atom. The maximum atomic E-state index is 14.5. The molecule has 7 nitrogen and oxygen atoms in total. The number of rotatable bonds is 14. The van der Waals surface area contributed by atoms with Crippen LogP contribution in [0.4, 0.5) is 5.69 Å². The number of hydrogen-bond donors (Lipinski definition) is 1. The smallest absolute Gasteiger partial charge is 0.264 e. The average Bonchev–Trinajstić information content (AvgIpc) is 3.04. The fraction of sp³-hybridized carbons (Fsp3) is 0.278. The van der Waals surface area contributed by atoms with E-state index in [-0.39, 0.29) is 23.8 Å². The van der Waals surface area contributed by atoms with Gasteiger partial charge >= 0.3 is 0 Å². The second kappa shape index (κ2) is 15.3. The normalized spacial score (nSPS) is 11.9. The van der Waals surface area contributed by atoms with Crippen LogP contribution in [0.5, 0.6) is 0 Å². The number of carbonyl (C=O) groups is 2. The molecule has 0 heterocycles. The summed E-state index contributed by atoms with van der Waals surface area (Å²) in [6.07, 6.45) is 1.60. The lowest BCUT2D eigenvalue weighted by Gasteiger charge is -2.34. The summed E-state index contributed by atoms with van der Waals surface area (Å²) in [5.74, 6) is -0.743. The van der Waals surface area contributed by atoms with Crippen molar-refractivity contribution in [1.29, 1.82) is 0 Å². The molecule has 4 aromatic rings. The summed E-state index contributed by atoms with van der Waals surface area (Å²) < 4.78 is 29.5. The number of amides is 2. The lowest BCUT2D eigenvalue weighted by atomic mass is 10.0. The highest BCUT2D eigenvalue weighted by Gasteiger charge is 2.35. The summed E-state index contributed by atoms with van der Waals surface area (Å²) in [5, 5.41) is 2.98. The molecule has 1 N–H and O–H groups in total. The quantitative estimate of drug-likeness (QED) is 0.192. The van der Waals surface area contributed by atoms with Gasteiger partial charge in [-0.25, -0.2) is 8.42 Å². The number of hydrogen-bond acceptors (Lipinski definition) is 4. The summed E-state index contributed by atoms with van der Waals surface area (Å²) in [6.45, 7) is 6.04. The molecule has 0 unspecified atom stereocenters. The number of nitrogens with one attached hydrogen (secondary N) is 1. The van der Waals surface area contributed by atoms with Crippen molar-refractivity contribution in [2.45, 2.75) is 57.5 Å². The Morgan fingerprint density at radius 3 is 2.09 bits per heavy atom. The molecule has 4 rings (SSSR count). The summed E-state index contributed by atoms with van der Waals surface area (Å²) in [5.41, 5.74) is 4.02. The molecule has 0 bridgehead atoms. The fourth-order valence-electron chi connectivity index (χ4n) is 5.21. The first kappa shape index (κ1) is 32.5. The van der Waals surface area contributed by atoms with E-state index in [0.29, 0.717) is 18.7 Å². The van der Waals surface area contributed by atoms with E-state index in [1.807, 2.05) is 87.5 Å². The Balaban J connectivity index is 1.82. The van der Waals surface area contributed by atoms with Gasteiger partial charge in [0.2, 0.25) is 11.8 Å². The van der Waals surface area contributed by atoms with Crippen molar-refractivity contribution in [2.24, 2.45) is 0 Å². The molecule has 0 aliphatic rings. The SMILES string of the molecule is CCCNC(=O)[C@@H](Cc1ccccc1)N(Cc1cccc(C)c1)C(=O)CN(c1ccccc1CC)S(=O)(=O)c1ccccc1. The van der Waals surface area contributed by atoms with Gasteiger partial charge in [-0.1, -0.05) is 110 Å².